The van der Waals surface area contributed by atoms with Crippen molar-refractivity contribution in [3.63, 3.8) is 0 Å². The molecule has 12 heteroatoms. The number of Topliss-reactive ketones (excluding diaryl/α,β-unsaturated/α-hetero) is 3. The van der Waals surface area contributed by atoms with Gasteiger partial charge in [0, 0.05) is 31.9 Å². The second-order valence-corrected chi connectivity index (χ2v) is 11.6. The Hall–Kier alpha value is -4.16. The molecule has 3 aliphatic carbocycles. The molecule has 0 aromatic heterocycles. The number of hydrogen-bond acceptors (Lipinski definition) is 9. The molecule has 0 spiro atoms. The molecule has 0 heterocycles. The van der Waals surface area contributed by atoms with E-state index in [1.54, 1.807) is 39.3 Å². The van der Waals surface area contributed by atoms with Crippen LogP contribution in [0.1, 0.15) is 27.9 Å². The van der Waals surface area contributed by atoms with Crippen LogP contribution >= 0.6 is 0 Å². The van der Waals surface area contributed by atoms with E-state index in [4.69, 9.17) is 11.1 Å². The zero-order valence-electron chi connectivity index (χ0n) is 23.2. The number of phenols is 1. The molecule has 6 unspecified atom stereocenters. The average molecular weight is 564 g/mol. The molecule has 0 aliphatic heterocycles. The molecule has 3 amide bonds. The summed E-state index contributed by atoms with van der Waals surface area (Å²) in [5.74, 6) is -8.54. The van der Waals surface area contributed by atoms with Crippen LogP contribution in [0.25, 0.3) is 10.8 Å². The third kappa shape index (κ3) is 4.04. The standard InChI is InChI=1S/C29H33N5O7/c1-32-28(40)34(4)11-12-5-6-13-8-14-9-15-10-17-21(33(2)3)24(37)20(27(31)39)25(30)29(17,41)26(38)19(15)23(36)18(14)22(35)16(13)7-12/h5-8,15,17,19-21,30,35,41H,9-11H2,1-4H3,(H2,31,39)(H,32,40). The number of primary amides is 1. The van der Waals surface area contributed by atoms with Crippen molar-refractivity contribution >= 4 is 45.8 Å². The van der Waals surface area contributed by atoms with E-state index in [1.165, 1.54) is 16.8 Å². The van der Waals surface area contributed by atoms with Crippen LogP contribution in [0.15, 0.2) is 24.3 Å². The SMILES string of the molecule is CNC(=O)N(C)Cc1ccc2cc3c(c(O)c2c1)C(=O)C1C(=O)C2(O)C(=N)C(C(N)=O)C(=O)C(N(C)C)C2CC1C3. The van der Waals surface area contributed by atoms with Gasteiger partial charge in [-0.1, -0.05) is 18.2 Å². The number of fused-ring (bicyclic) bond motifs is 4. The van der Waals surface area contributed by atoms with Crippen molar-refractivity contribution in [1.82, 2.24) is 15.1 Å². The molecule has 6 atom stereocenters. The van der Waals surface area contributed by atoms with Gasteiger partial charge in [-0.15, -0.1) is 0 Å². The number of nitrogens with zero attached hydrogens (tertiary/aromatic N) is 2. The summed E-state index contributed by atoms with van der Waals surface area (Å²) in [6.07, 6.45) is 0.305. The Bertz CT molecular complexity index is 1550. The molecule has 2 saturated carbocycles. The summed E-state index contributed by atoms with van der Waals surface area (Å²) in [5, 5.41) is 35.3. The van der Waals surface area contributed by atoms with Gasteiger partial charge in [0.25, 0.3) is 0 Å². The van der Waals surface area contributed by atoms with Crippen molar-refractivity contribution in [2.45, 2.75) is 31.0 Å². The summed E-state index contributed by atoms with van der Waals surface area (Å²) < 4.78 is 0. The normalized spacial score (nSPS) is 29.2. The van der Waals surface area contributed by atoms with E-state index in [0.29, 0.717) is 21.9 Å². The Labute approximate surface area is 236 Å². The van der Waals surface area contributed by atoms with E-state index in [1.807, 2.05) is 6.07 Å². The summed E-state index contributed by atoms with van der Waals surface area (Å²) in [6, 6.07) is 5.72. The number of ketones is 3. The minimum Gasteiger partial charge on any atom is -0.507 e. The number of carbonyl (C=O) groups excluding carboxylic acids is 5. The van der Waals surface area contributed by atoms with E-state index >= 15 is 0 Å². The van der Waals surface area contributed by atoms with Gasteiger partial charge in [-0.25, -0.2) is 4.79 Å². The first-order valence-electron chi connectivity index (χ1n) is 13.3. The molecule has 3 aliphatic rings. The van der Waals surface area contributed by atoms with Crippen molar-refractivity contribution in [3.05, 3.63) is 41.0 Å². The van der Waals surface area contributed by atoms with Gasteiger partial charge in [0.1, 0.15) is 11.7 Å². The van der Waals surface area contributed by atoms with Crippen molar-refractivity contribution in [3.8, 4) is 5.75 Å². The molecule has 6 N–H and O–H groups in total. The van der Waals surface area contributed by atoms with Crippen LogP contribution in [-0.4, -0.2) is 94.8 Å². The number of aromatic hydroxyl groups is 1. The average Bonchev–Trinajstić information content (AvgIpc) is 2.90. The van der Waals surface area contributed by atoms with Crippen molar-refractivity contribution in [1.29, 1.82) is 5.41 Å². The maximum absolute atomic E-state index is 14.0. The van der Waals surface area contributed by atoms with Gasteiger partial charge in [-0.05, 0) is 55.4 Å². The molecule has 5 rings (SSSR count). The smallest absolute Gasteiger partial charge is 0.317 e. The van der Waals surface area contributed by atoms with Gasteiger partial charge in [0.15, 0.2) is 23.0 Å². The Morgan fingerprint density at radius 1 is 1.17 bits per heavy atom. The maximum atomic E-state index is 14.0. The van der Waals surface area contributed by atoms with Crippen LogP contribution in [0.3, 0.4) is 0 Å². The lowest BCUT2D eigenvalue weighted by Gasteiger charge is -2.53. The first-order chi connectivity index (χ1) is 19.2. The summed E-state index contributed by atoms with van der Waals surface area (Å²) >= 11 is 0. The van der Waals surface area contributed by atoms with E-state index < -0.39 is 64.3 Å². The number of hydrogen-bond donors (Lipinski definition) is 5. The van der Waals surface area contributed by atoms with Crippen LogP contribution in [0, 0.1) is 29.1 Å². The highest BCUT2D eigenvalue weighted by atomic mass is 16.3. The molecule has 0 bridgehead atoms. The van der Waals surface area contributed by atoms with Crippen molar-refractivity contribution in [2.75, 3.05) is 28.2 Å². The van der Waals surface area contributed by atoms with Crippen LogP contribution in [0.4, 0.5) is 4.79 Å². The lowest BCUT2D eigenvalue weighted by Crippen LogP contribution is -2.73. The second-order valence-electron chi connectivity index (χ2n) is 11.6. The zero-order chi connectivity index (χ0) is 30.1. The fourth-order valence-electron chi connectivity index (χ4n) is 7.11. The summed E-state index contributed by atoms with van der Waals surface area (Å²) in [6.45, 7) is 0.243. The lowest BCUT2D eigenvalue weighted by molar-refractivity contribution is -0.157. The monoisotopic (exact) mass is 563 g/mol. The number of amides is 3. The number of phenolic OH excluding ortho intramolecular Hbond substituents is 1. The fourth-order valence-corrected chi connectivity index (χ4v) is 7.11. The second kappa shape index (κ2) is 9.74. The molecule has 12 nitrogen and oxygen atoms in total. The number of benzene rings is 2. The van der Waals surface area contributed by atoms with Gasteiger partial charge in [-0.2, -0.15) is 0 Å². The first kappa shape index (κ1) is 28.4. The Balaban J connectivity index is 1.59. The third-order valence-corrected chi connectivity index (χ3v) is 8.97. The van der Waals surface area contributed by atoms with E-state index in [2.05, 4.69) is 5.32 Å². The van der Waals surface area contributed by atoms with Crippen LogP contribution in [0.2, 0.25) is 0 Å². The molecule has 0 radical (unpaired) electrons. The number of likely N-dealkylation sites (N-methyl/N-ethyl adjacent to an activating group) is 1. The maximum Gasteiger partial charge on any atom is 0.317 e. The Morgan fingerprint density at radius 2 is 1.85 bits per heavy atom. The predicted octanol–water partition coefficient (Wildman–Crippen LogP) is 0.242. The number of carbonyl (C=O) groups is 5. The van der Waals surface area contributed by atoms with E-state index in [-0.39, 0.29) is 36.7 Å². The number of aliphatic hydroxyl groups is 1. The molecular weight excluding hydrogens is 530 g/mol. The number of urea groups is 1. The minimum absolute atomic E-state index is 0.0278. The molecular formula is C29H33N5O7. The summed E-state index contributed by atoms with van der Waals surface area (Å²) in [4.78, 5) is 68.3. The van der Waals surface area contributed by atoms with Gasteiger partial charge < -0.3 is 31.6 Å². The molecule has 216 valence electrons. The molecule has 41 heavy (non-hydrogen) atoms. The van der Waals surface area contributed by atoms with Gasteiger partial charge >= 0.3 is 6.03 Å². The minimum atomic E-state index is -2.54. The van der Waals surface area contributed by atoms with Crippen LogP contribution < -0.4 is 11.1 Å². The topological polar surface area (TPSA) is 194 Å². The Kier molecular flexibility index (Phi) is 6.74. The van der Waals surface area contributed by atoms with Crippen molar-refractivity contribution < 1.29 is 34.2 Å². The summed E-state index contributed by atoms with van der Waals surface area (Å²) in [7, 11) is 6.30. The quantitative estimate of drug-likeness (QED) is 0.326. The Morgan fingerprint density at radius 3 is 2.46 bits per heavy atom. The highest BCUT2D eigenvalue weighted by Crippen LogP contribution is 2.51. The van der Waals surface area contributed by atoms with Crippen LogP contribution in [0.5, 0.6) is 5.75 Å². The first-order valence-corrected chi connectivity index (χ1v) is 13.3. The molecule has 2 fully saturated rings. The van der Waals surface area contributed by atoms with Crippen LogP contribution in [-0.2, 0) is 27.3 Å². The fraction of sp³-hybridized carbons (Fsp3) is 0.448. The molecule has 2 aromatic rings. The lowest BCUT2D eigenvalue weighted by atomic mass is 9.52. The number of rotatable bonds is 4. The predicted molar refractivity (Wildman–Crippen MR) is 148 cm³/mol. The van der Waals surface area contributed by atoms with Gasteiger partial charge in [0.2, 0.25) is 5.91 Å². The van der Waals surface area contributed by atoms with Gasteiger partial charge in [0.05, 0.1) is 23.2 Å². The number of nitrogens with one attached hydrogen (secondary N) is 2. The zero-order valence-corrected chi connectivity index (χ0v) is 23.2. The largest absolute Gasteiger partial charge is 0.507 e. The highest BCUT2D eigenvalue weighted by Gasteiger charge is 2.67. The highest BCUT2D eigenvalue weighted by molar-refractivity contribution is 6.33. The van der Waals surface area contributed by atoms with E-state index in [0.717, 1.165) is 0 Å². The van der Waals surface area contributed by atoms with Gasteiger partial charge in [-0.3, -0.25) is 24.1 Å². The number of nitrogens with two attached hydrogens (primary N) is 1. The molecule has 2 aromatic carbocycles. The third-order valence-electron chi connectivity index (χ3n) is 8.97. The molecule has 0 saturated heterocycles. The van der Waals surface area contributed by atoms with Crippen molar-refractivity contribution in [2.24, 2.45) is 29.4 Å². The summed E-state index contributed by atoms with van der Waals surface area (Å²) in [5.41, 5.74) is 3.32. The van der Waals surface area contributed by atoms with E-state index in [9.17, 15) is 34.2 Å².